The Labute approximate surface area is 124 Å². The third-order valence-electron chi connectivity index (χ3n) is 3.27. The van der Waals surface area contributed by atoms with E-state index >= 15 is 0 Å². The Hall–Kier alpha value is -1.69. The van der Waals surface area contributed by atoms with E-state index in [4.69, 9.17) is 0 Å². The molecule has 94 valence electrons. The van der Waals surface area contributed by atoms with E-state index in [-0.39, 0.29) is 0 Å². The fourth-order valence-electron chi connectivity index (χ4n) is 2.42. The average Bonchev–Trinajstić information content (AvgIpc) is 2.71. The average molecular weight is 362 g/mol. The van der Waals surface area contributed by atoms with Gasteiger partial charge in [-0.25, -0.2) is 0 Å². The van der Waals surface area contributed by atoms with Crippen molar-refractivity contribution in [3.63, 3.8) is 0 Å². The second-order valence-corrected chi connectivity index (χ2v) is 5.62. The van der Waals surface area contributed by atoms with Gasteiger partial charge >= 0.3 is 0 Å². The molecule has 3 nitrogen and oxygen atoms in total. The summed E-state index contributed by atoms with van der Waals surface area (Å²) in [6.07, 6.45) is 0. The molecule has 0 aliphatic rings. The van der Waals surface area contributed by atoms with Gasteiger partial charge < -0.3 is 4.57 Å². The predicted octanol–water partition coefficient (Wildman–Crippen LogP) is 4.85. The van der Waals surface area contributed by atoms with Crippen molar-refractivity contribution >= 4 is 39.2 Å². The molecule has 0 atom stereocenters. The van der Waals surface area contributed by atoms with E-state index in [1.807, 2.05) is 60.1 Å². The molecule has 0 aliphatic heterocycles. The molecule has 0 spiro atoms. The molecule has 0 saturated heterocycles. The lowest BCUT2D eigenvalue weighted by Gasteiger charge is -2.04. The van der Waals surface area contributed by atoms with Crippen LogP contribution in [0.15, 0.2) is 53.7 Å². The highest BCUT2D eigenvalue weighted by atomic mass is 127. The highest BCUT2D eigenvalue weighted by Gasteiger charge is 2.17. The van der Waals surface area contributed by atoms with E-state index in [2.05, 4.69) is 27.8 Å². The van der Waals surface area contributed by atoms with Gasteiger partial charge in [-0.05, 0) is 46.0 Å². The summed E-state index contributed by atoms with van der Waals surface area (Å²) in [5, 5.41) is 4.17. The Bertz CT molecular complexity index is 763. The molecule has 0 unspecified atom stereocenters. The normalized spacial score (nSPS) is 10.8. The van der Waals surface area contributed by atoms with Crippen molar-refractivity contribution in [2.75, 3.05) is 0 Å². The summed E-state index contributed by atoms with van der Waals surface area (Å²) in [4.78, 5) is 11.3. The maximum Gasteiger partial charge on any atom is 0.141 e. The predicted molar refractivity (Wildman–Crippen MR) is 86.5 cm³/mol. The summed E-state index contributed by atoms with van der Waals surface area (Å²) in [6.45, 7) is 0. The number of halogens is 1. The van der Waals surface area contributed by atoms with Gasteiger partial charge in [0.05, 0.1) is 11.2 Å². The van der Waals surface area contributed by atoms with E-state index in [0.717, 1.165) is 25.7 Å². The molecule has 0 fully saturated rings. The van der Waals surface area contributed by atoms with Gasteiger partial charge in [0.2, 0.25) is 0 Å². The molecule has 1 heterocycles. The fraction of sp³-hybridized carbons (Fsp3) is 0.0667. The number of aryl methyl sites for hydroxylation is 1. The summed E-state index contributed by atoms with van der Waals surface area (Å²) in [6, 6.07) is 15.9. The van der Waals surface area contributed by atoms with Crippen LogP contribution in [0.25, 0.3) is 22.2 Å². The summed E-state index contributed by atoms with van der Waals surface area (Å²) in [7, 11) is 1.96. The molecule has 0 radical (unpaired) electrons. The van der Waals surface area contributed by atoms with Crippen molar-refractivity contribution < 1.29 is 0 Å². The molecule has 0 aliphatic carbocycles. The van der Waals surface area contributed by atoms with Crippen molar-refractivity contribution in [3.05, 3.63) is 57.0 Å². The smallest absolute Gasteiger partial charge is 0.141 e. The van der Waals surface area contributed by atoms with Gasteiger partial charge in [-0.3, -0.25) is 0 Å². The number of aromatic nitrogens is 1. The van der Waals surface area contributed by atoms with Crippen LogP contribution in [0, 0.1) is 8.48 Å². The van der Waals surface area contributed by atoms with Crippen LogP contribution in [0.5, 0.6) is 0 Å². The molecule has 19 heavy (non-hydrogen) atoms. The van der Waals surface area contributed by atoms with Crippen LogP contribution in [-0.2, 0) is 7.05 Å². The number of fused-ring (bicyclic) bond motifs is 1. The minimum absolute atomic E-state index is 0.516. The number of nitrogens with zero attached hydrogens (tertiary/aromatic N) is 2. The second kappa shape index (κ2) is 4.77. The Balaban J connectivity index is 2.42. The van der Waals surface area contributed by atoms with Crippen molar-refractivity contribution in [1.82, 2.24) is 4.57 Å². The fourth-order valence-corrected chi connectivity index (χ4v) is 2.91. The lowest BCUT2D eigenvalue weighted by Crippen LogP contribution is -1.90. The molecule has 0 saturated carbocycles. The third-order valence-corrected chi connectivity index (χ3v) is 3.94. The second-order valence-electron chi connectivity index (χ2n) is 4.38. The first-order valence-corrected chi connectivity index (χ1v) is 6.97. The van der Waals surface area contributed by atoms with Gasteiger partial charge in [0.15, 0.2) is 0 Å². The zero-order valence-corrected chi connectivity index (χ0v) is 12.5. The van der Waals surface area contributed by atoms with Crippen molar-refractivity contribution in [2.24, 2.45) is 12.2 Å². The number of rotatable bonds is 2. The lowest BCUT2D eigenvalue weighted by atomic mass is 10.1. The van der Waals surface area contributed by atoms with Crippen LogP contribution in [0.2, 0.25) is 0 Å². The van der Waals surface area contributed by atoms with Crippen LogP contribution in [-0.4, -0.2) is 4.57 Å². The summed E-state index contributed by atoms with van der Waals surface area (Å²) >= 11 is 2.24. The topological polar surface area (TPSA) is 34.4 Å². The van der Waals surface area contributed by atoms with E-state index in [1.165, 1.54) is 0 Å². The van der Waals surface area contributed by atoms with E-state index < -0.39 is 0 Å². The van der Waals surface area contributed by atoms with Crippen LogP contribution < -0.4 is 0 Å². The molecule has 4 heteroatoms. The van der Waals surface area contributed by atoms with Crippen LogP contribution >= 0.6 is 22.6 Å². The minimum atomic E-state index is 0.516. The van der Waals surface area contributed by atoms with Crippen molar-refractivity contribution in [2.45, 2.75) is 0 Å². The first-order valence-electron chi connectivity index (χ1n) is 5.89. The van der Waals surface area contributed by atoms with Crippen LogP contribution in [0.4, 0.5) is 5.69 Å². The lowest BCUT2D eigenvalue weighted by molar-refractivity contribution is 0.977. The largest absolute Gasteiger partial charge is 0.342 e. The highest BCUT2D eigenvalue weighted by Crippen LogP contribution is 2.39. The molecule has 3 aromatic rings. The number of hydrogen-bond acceptors (Lipinski definition) is 2. The van der Waals surface area contributed by atoms with E-state index in [0.29, 0.717) is 5.69 Å². The van der Waals surface area contributed by atoms with Gasteiger partial charge in [0, 0.05) is 21.6 Å². The molecule has 1 aromatic heterocycles. The van der Waals surface area contributed by atoms with Crippen molar-refractivity contribution in [3.8, 4) is 11.3 Å². The van der Waals surface area contributed by atoms with Gasteiger partial charge in [-0.2, -0.15) is 0 Å². The first-order chi connectivity index (χ1) is 9.22. The summed E-state index contributed by atoms with van der Waals surface area (Å²) in [5.41, 5.74) is 3.41. The maximum atomic E-state index is 11.3. The SMILES string of the molecule is Cn1c(-c2ccccc2)c(N=O)c2cc(I)ccc21. The van der Waals surface area contributed by atoms with E-state index in [9.17, 15) is 4.91 Å². The molecule has 0 bridgehead atoms. The number of hydrogen-bond donors (Lipinski definition) is 0. The Morgan fingerprint density at radius 2 is 1.84 bits per heavy atom. The summed E-state index contributed by atoms with van der Waals surface area (Å²) in [5.74, 6) is 0. The van der Waals surface area contributed by atoms with Crippen LogP contribution in [0.3, 0.4) is 0 Å². The van der Waals surface area contributed by atoms with Crippen molar-refractivity contribution in [1.29, 1.82) is 0 Å². The highest BCUT2D eigenvalue weighted by molar-refractivity contribution is 14.1. The quantitative estimate of drug-likeness (QED) is 0.474. The van der Waals surface area contributed by atoms with Gasteiger partial charge in [-0.15, -0.1) is 4.91 Å². The van der Waals surface area contributed by atoms with Gasteiger partial charge in [0.1, 0.15) is 5.69 Å². The molecule has 3 rings (SSSR count). The standard InChI is InChI=1S/C15H11IN2O/c1-18-13-8-7-11(16)9-12(13)14(17-19)15(18)10-5-3-2-4-6-10/h2-9H,1H3. The Kier molecular flexibility index (Phi) is 3.10. The molecule has 0 amide bonds. The number of benzene rings is 2. The zero-order valence-electron chi connectivity index (χ0n) is 10.3. The summed E-state index contributed by atoms with van der Waals surface area (Å²) < 4.78 is 3.12. The molecule has 0 N–H and O–H groups in total. The monoisotopic (exact) mass is 362 g/mol. The van der Waals surface area contributed by atoms with E-state index in [1.54, 1.807) is 0 Å². The third kappa shape index (κ3) is 1.96. The zero-order chi connectivity index (χ0) is 13.4. The Morgan fingerprint density at radius 1 is 1.11 bits per heavy atom. The molecular weight excluding hydrogens is 351 g/mol. The number of nitroso groups, excluding NO2 is 1. The van der Waals surface area contributed by atoms with Gasteiger partial charge in [-0.1, -0.05) is 30.3 Å². The first kappa shape index (κ1) is 12.3. The minimum Gasteiger partial charge on any atom is -0.342 e. The maximum absolute atomic E-state index is 11.3. The molecular formula is C15H11IN2O. The Morgan fingerprint density at radius 3 is 2.53 bits per heavy atom. The van der Waals surface area contributed by atoms with Gasteiger partial charge in [0.25, 0.3) is 0 Å². The molecule has 2 aromatic carbocycles. The van der Waals surface area contributed by atoms with Crippen LogP contribution in [0.1, 0.15) is 0 Å².